The second-order valence-corrected chi connectivity index (χ2v) is 3.88. The van der Waals surface area contributed by atoms with Gasteiger partial charge in [-0.25, -0.2) is 0 Å². The van der Waals surface area contributed by atoms with Crippen LogP contribution in [0.25, 0.3) is 22.4 Å². The lowest BCUT2D eigenvalue weighted by Gasteiger charge is -2.01. The van der Waals surface area contributed by atoms with E-state index in [1.54, 1.807) is 12.4 Å². The molecule has 0 bridgehead atoms. The van der Waals surface area contributed by atoms with Crippen molar-refractivity contribution in [2.24, 2.45) is 0 Å². The smallest absolute Gasteiger partial charge is 0.230 e. The van der Waals surface area contributed by atoms with Crippen LogP contribution in [0.4, 0.5) is 5.88 Å². The Hall–Kier alpha value is -2.62. The fraction of sp³-hybridized carbons (Fsp3) is 0. The number of nitrogens with two attached hydrogens (primary N) is 1. The fourth-order valence-electron chi connectivity index (χ4n) is 1.89. The van der Waals surface area contributed by atoms with Crippen LogP contribution in [0.3, 0.4) is 0 Å². The van der Waals surface area contributed by atoms with Gasteiger partial charge in [-0.1, -0.05) is 35.5 Å². The van der Waals surface area contributed by atoms with E-state index >= 15 is 0 Å². The SMILES string of the molecule is Nc1onc(-c2cccnc2)c1-c1ccccc1. The van der Waals surface area contributed by atoms with Crippen molar-refractivity contribution in [2.75, 3.05) is 5.73 Å². The number of aromatic nitrogens is 2. The first-order valence-electron chi connectivity index (χ1n) is 5.57. The van der Waals surface area contributed by atoms with Gasteiger partial charge in [0.05, 0.1) is 5.56 Å². The molecule has 0 aliphatic carbocycles. The summed E-state index contributed by atoms with van der Waals surface area (Å²) in [5, 5.41) is 4.02. The Bertz CT molecular complexity index is 647. The Morgan fingerprint density at radius 1 is 0.944 bits per heavy atom. The van der Waals surface area contributed by atoms with Crippen LogP contribution in [0.1, 0.15) is 0 Å². The van der Waals surface area contributed by atoms with Crippen LogP contribution >= 0.6 is 0 Å². The molecule has 0 fully saturated rings. The fourth-order valence-corrected chi connectivity index (χ4v) is 1.89. The Morgan fingerprint density at radius 3 is 2.44 bits per heavy atom. The van der Waals surface area contributed by atoms with Crippen molar-refractivity contribution in [3.63, 3.8) is 0 Å². The third-order valence-electron chi connectivity index (χ3n) is 2.72. The number of hydrogen-bond donors (Lipinski definition) is 1. The van der Waals surface area contributed by atoms with E-state index in [2.05, 4.69) is 10.1 Å². The molecule has 18 heavy (non-hydrogen) atoms. The van der Waals surface area contributed by atoms with Crippen LogP contribution in [-0.2, 0) is 0 Å². The largest absolute Gasteiger partial charge is 0.367 e. The Balaban J connectivity index is 2.19. The number of nitrogen functional groups attached to an aromatic ring is 1. The summed E-state index contributed by atoms with van der Waals surface area (Å²) in [6, 6.07) is 13.6. The van der Waals surface area contributed by atoms with Crippen LogP contribution < -0.4 is 5.73 Å². The van der Waals surface area contributed by atoms with Crippen molar-refractivity contribution >= 4 is 5.88 Å². The van der Waals surface area contributed by atoms with Gasteiger partial charge in [0.1, 0.15) is 5.69 Å². The highest BCUT2D eigenvalue weighted by molar-refractivity contribution is 5.86. The van der Waals surface area contributed by atoms with E-state index < -0.39 is 0 Å². The zero-order chi connectivity index (χ0) is 12.4. The predicted octanol–water partition coefficient (Wildman–Crippen LogP) is 2.99. The maximum atomic E-state index is 5.86. The molecule has 0 unspecified atom stereocenters. The van der Waals surface area contributed by atoms with Crippen LogP contribution in [-0.4, -0.2) is 10.1 Å². The van der Waals surface area contributed by atoms with Gasteiger partial charge in [-0.3, -0.25) is 4.98 Å². The second kappa shape index (κ2) is 4.33. The molecule has 0 saturated carbocycles. The molecule has 2 N–H and O–H groups in total. The molecule has 0 aliphatic rings. The van der Waals surface area contributed by atoms with E-state index in [-0.39, 0.29) is 0 Å². The number of pyridine rings is 1. The van der Waals surface area contributed by atoms with Gasteiger partial charge in [-0.2, -0.15) is 0 Å². The number of anilines is 1. The van der Waals surface area contributed by atoms with Gasteiger partial charge in [0, 0.05) is 18.0 Å². The van der Waals surface area contributed by atoms with E-state index in [4.69, 9.17) is 10.3 Å². The predicted molar refractivity (Wildman–Crippen MR) is 69.6 cm³/mol. The van der Waals surface area contributed by atoms with Gasteiger partial charge in [0.15, 0.2) is 0 Å². The minimum absolute atomic E-state index is 0.319. The van der Waals surface area contributed by atoms with Gasteiger partial charge >= 0.3 is 0 Å². The molecule has 0 spiro atoms. The van der Waals surface area contributed by atoms with E-state index in [1.165, 1.54) is 0 Å². The number of hydrogen-bond acceptors (Lipinski definition) is 4. The van der Waals surface area contributed by atoms with Crippen LogP contribution in [0.15, 0.2) is 59.4 Å². The van der Waals surface area contributed by atoms with Crippen LogP contribution in [0.5, 0.6) is 0 Å². The van der Waals surface area contributed by atoms with E-state index in [0.717, 1.165) is 16.7 Å². The van der Waals surface area contributed by atoms with Crippen molar-refractivity contribution in [3.8, 4) is 22.4 Å². The zero-order valence-electron chi connectivity index (χ0n) is 9.58. The molecule has 4 nitrogen and oxygen atoms in total. The molecule has 0 saturated heterocycles. The maximum Gasteiger partial charge on any atom is 0.230 e. The topological polar surface area (TPSA) is 64.9 Å². The zero-order valence-corrected chi connectivity index (χ0v) is 9.58. The maximum absolute atomic E-state index is 5.86. The van der Waals surface area contributed by atoms with Gasteiger partial charge < -0.3 is 10.3 Å². The van der Waals surface area contributed by atoms with Crippen LogP contribution in [0, 0.1) is 0 Å². The first kappa shape index (κ1) is 10.5. The molecule has 88 valence electrons. The lowest BCUT2D eigenvalue weighted by molar-refractivity contribution is 0.439. The van der Waals surface area contributed by atoms with Crippen LogP contribution in [0.2, 0.25) is 0 Å². The summed E-state index contributed by atoms with van der Waals surface area (Å²) in [5.41, 5.74) is 9.25. The molecule has 3 aromatic rings. The molecule has 1 aromatic carbocycles. The van der Waals surface area contributed by atoms with E-state index in [0.29, 0.717) is 11.6 Å². The number of nitrogens with zero attached hydrogens (tertiary/aromatic N) is 2. The summed E-state index contributed by atoms with van der Waals surface area (Å²) in [4.78, 5) is 4.08. The summed E-state index contributed by atoms with van der Waals surface area (Å²) in [6.07, 6.45) is 3.46. The highest BCUT2D eigenvalue weighted by atomic mass is 16.5. The third kappa shape index (κ3) is 1.73. The average molecular weight is 237 g/mol. The molecule has 4 heteroatoms. The van der Waals surface area contributed by atoms with Gasteiger partial charge in [0.25, 0.3) is 0 Å². The first-order chi connectivity index (χ1) is 8.86. The summed E-state index contributed by atoms with van der Waals surface area (Å²) >= 11 is 0. The summed E-state index contributed by atoms with van der Waals surface area (Å²) < 4.78 is 5.10. The standard InChI is InChI=1S/C14H11N3O/c15-14-12(10-5-2-1-3-6-10)13(17-18-14)11-7-4-8-16-9-11/h1-9H,15H2. The molecular formula is C14H11N3O. The van der Waals surface area contributed by atoms with Crippen molar-refractivity contribution in [3.05, 3.63) is 54.9 Å². The lowest BCUT2D eigenvalue weighted by Crippen LogP contribution is -1.87. The molecular weight excluding hydrogens is 226 g/mol. The Morgan fingerprint density at radius 2 is 1.72 bits per heavy atom. The lowest BCUT2D eigenvalue weighted by atomic mass is 10.0. The normalized spacial score (nSPS) is 10.4. The summed E-state index contributed by atoms with van der Waals surface area (Å²) in [5.74, 6) is 0.319. The Kier molecular flexibility index (Phi) is 2.53. The minimum Gasteiger partial charge on any atom is -0.367 e. The molecule has 3 rings (SSSR count). The van der Waals surface area contributed by atoms with Crippen molar-refractivity contribution < 1.29 is 4.52 Å². The van der Waals surface area contributed by atoms with Crippen molar-refractivity contribution in [1.82, 2.24) is 10.1 Å². The van der Waals surface area contributed by atoms with Gasteiger partial charge in [0.2, 0.25) is 5.88 Å². The number of rotatable bonds is 2. The van der Waals surface area contributed by atoms with Crippen molar-refractivity contribution in [1.29, 1.82) is 0 Å². The molecule has 2 aromatic heterocycles. The quantitative estimate of drug-likeness (QED) is 0.744. The van der Waals surface area contributed by atoms with E-state index in [9.17, 15) is 0 Å². The Labute approximate surface area is 104 Å². The molecule has 2 heterocycles. The van der Waals surface area contributed by atoms with Gasteiger partial charge in [-0.05, 0) is 17.7 Å². The molecule has 0 amide bonds. The summed E-state index contributed by atoms with van der Waals surface area (Å²) in [6.45, 7) is 0. The number of benzene rings is 1. The molecule has 0 atom stereocenters. The van der Waals surface area contributed by atoms with E-state index in [1.807, 2.05) is 42.5 Å². The second-order valence-electron chi connectivity index (χ2n) is 3.88. The monoisotopic (exact) mass is 237 g/mol. The van der Waals surface area contributed by atoms with Gasteiger partial charge in [-0.15, -0.1) is 0 Å². The van der Waals surface area contributed by atoms with Crippen molar-refractivity contribution in [2.45, 2.75) is 0 Å². The highest BCUT2D eigenvalue weighted by Gasteiger charge is 2.16. The minimum atomic E-state index is 0.319. The first-order valence-corrected chi connectivity index (χ1v) is 5.57. The highest BCUT2D eigenvalue weighted by Crippen LogP contribution is 2.35. The summed E-state index contributed by atoms with van der Waals surface area (Å²) in [7, 11) is 0. The average Bonchev–Trinajstić information content (AvgIpc) is 2.83. The molecule has 0 aliphatic heterocycles. The molecule has 0 radical (unpaired) electrons. The third-order valence-corrected chi connectivity index (χ3v) is 2.72.